The van der Waals surface area contributed by atoms with Crippen LogP contribution in [0.15, 0.2) is 22.6 Å². The van der Waals surface area contributed by atoms with Gasteiger partial charge in [0.05, 0.1) is 13.2 Å². The highest BCUT2D eigenvalue weighted by atomic mass is 19.1. The van der Waals surface area contributed by atoms with Crippen LogP contribution in [-0.4, -0.2) is 46.9 Å². The Morgan fingerprint density at radius 2 is 2.25 bits per heavy atom. The second-order valence-corrected chi connectivity index (χ2v) is 5.82. The Morgan fingerprint density at radius 1 is 1.38 bits per heavy atom. The van der Waals surface area contributed by atoms with E-state index >= 15 is 0 Å². The molecule has 2 aliphatic rings. The summed E-state index contributed by atoms with van der Waals surface area (Å²) < 4.78 is 30.3. The smallest absolute Gasteiger partial charge is 0.264 e. The van der Waals surface area contributed by atoms with Gasteiger partial charge in [-0.15, -0.1) is 10.2 Å². The monoisotopic (exact) mass is 333 g/mol. The first-order valence-electron chi connectivity index (χ1n) is 7.76. The number of rotatable bonds is 2. The predicted molar refractivity (Wildman–Crippen MR) is 78.8 cm³/mol. The Labute approximate surface area is 137 Å². The van der Waals surface area contributed by atoms with Gasteiger partial charge in [-0.25, -0.2) is 4.39 Å². The van der Waals surface area contributed by atoms with Crippen LogP contribution in [0.3, 0.4) is 0 Å². The zero-order chi connectivity index (χ0) is 16.7. The molecular formula is C16H16FN3O4. The number of hydrogen-bond donors (Lipinski definition) is 0. The van der Waals surface area contributed by atoms with Gasteiger partial charge in [0.15, 0.2) is 17.7 Å². The zero-order valence-corrected chi connectivity index (χ0v) is 13.1. The minimum absolute atomic E-state index is 0.161. The first-order chi connectivity index (χ1) is 11.6. The summed E-state index contributed by atoms with van der Waals surface area (Å²) in [4.78, 5) is 14.5. The largest absolute Gasteiger partial charge is 0.477 e. The number of hydrogen-bond acceptors (Lipinski definition) is 6. The highest BCUT2D eigenvalue weighted by Crippen LogP contribution is 2.33. The second-order valence-electron chi connectivity index (χ2n) is 5.82. The minimum atomic E-state index is -0.749. The molecule has 7 nitrogen and oxygen atoms in total. The van der Waals surface area contributed by atoms with Crippen LogP contribution in [0.1, 0.15) is 23.4 Å². The number of para-hydroxylation sites is 1. The molecule has 0 radical (unpaired) electrons. The molecule has 24 heavy (non-hydrogen) atoms. The van der Waals surface area contributed by atoms with Crippen LogP contribution in [0.2, 0.25) is 0 Å². The quantitative estimate of drug-likeness (QED) is 0.827. The van der Waals surface area contributed by atoms with Crippen molar-refractivity contribution < 1.29 is 23.1 Å². The van der Waals surface area contributed by atoms with E-state index in [1.807, 2.05) is 0 Å². The summed E-state index contributed by atoms with van der Waals surface area (Å²) in [6, 6.07) is 4.25. The molecule has 1 fully saturated rings. The normalized spacial score (nSPS) is 23.0. The number of nitrogens with zero attached hydrogens (tertiary/aromatic N) is 3. The van der Waals surface area contributed by atoms with E-state index in [0.717, 1.165) is 0 Å². The van der Waals surface area contributed by atoms with Crippen molar-refractivity contribution in [2.45, 2.75) is 25.5 Å². The molecule has 0 aliphatic carbocycles. The number of aryl methyl sites for hydroxylation is 1. The average Bonchev–Trinajstić information content (AvgIpc) is 3.21. The van der Waals surface area contributed by atoms with Crippen LogP contribution in [0.4, 0.5) is 4.39 Å². The molecule has 1 aromatic carbocycles. The number of ether oxygens (including phenoxy) is 2. The SMILES string of the molecule is Cc1nnc([C@@H]2COCCN2C(=O)[C@H]2Cc3cccc(F)c3O2)o1. The molecule has 3 heterocycles. The fraction of sp³-hybridized carbons (Fsp3) is 0.438. The zero-order valence-electron chi connectivity index (χ0n) is 13.1. The van der Waals surface area contributed by atoms with E-state index < -0.39 is 18.0 Å². The van der Waals surface area contributed by atoms with Gasteiger partial charge in [0.2, 0.25) is 11.8 Å². The van der Waals surface area contributed by atoms with E-state index in [1.165, 1.54) is 6.07 Å². The third kappa shape index (κ3) is 2.52. The lowest BCUT2D eigenvalue weighted by Crippen LogP contribution is -2.49. The number of fused-ring (bicyclic) bond motifs is 1. The van der Waals surface area contributed by atoms with Crippen molar-refractivity contribution in [3.8, 4) is 5.75 Å². The Morgan fingerprint density at radius 3 is 3.00 bits per heavy atom. The molecule has 1 saturated heterocycles. The van der Waals surface area contributed by atoms with Crippen LogP contribution < -0.4 is 4.74 Å². The molecular weight excluding hydrogens is 317 g/mol. The number of morpholine rings is 1. The number of amides is 1. The Balaban J connectivity index is 1.56. The third-order valence-corrected chi connectivity index (χ3v) is 4.23. The van der Waals surface area contributed by atoms with Crippen LogP contribution >= 0.6 is 0 Å². The van der Waals surface area contributed by atoms with E-state index in [0.29, 0.717) is 36.9 Å². The van der Waals surface area contributed by atoms with E-state index in [2.05, 4.69) is 10.2 Å². The van der Waals surface area contributed by atoms with Crippen LogP contribution in [0, 0.1) is 12.7 Å². The lowest BCUT2D eigenvalue weighted by molar-refractivity contribution is -0.148. The summed E-state index contributed by atoms with van der Waals surface area (Å²) in [7, 11) is 0. The molecule has 0 spiro atoms. The van der Waals surface area contributed by atoms with Crippen LogP contribution in [0.25, 0.3) is 0 Å². The van der Waals surface area contributed by atoms with Crippen LogP contribution in [0.5, 0.6) is 5.75 Å². The molecule has 0 bridgehead atoms. The van der Waals surface area contributed by atoms with Crippen LogP contribution in [-0.2, 0) is 16.0 Å². The second kappa shape index (κ2) is 5.86. The number of aromatic nitrogens is 2. The highest BCUT2D eigenvalue weighted by Gasteiger charge is 2.39. The molecule has 2 aromatic rings. The molecule has 0 saturated carbocycles. The third-order valence-electron chi connectivity index (χ3n) is 4.23. The summed E-state index contributed by atoms with van der Waals surface area (Å²) in [6.45, 7) is 2.78. The van der Waals surface area contributed by atoms with Crippen molar-refractivity contribution in [1.82, 2.24) is 15.1 Å². The molecule has 2 aliphatic heterocycles. The summed E-state index contributed by atoms with van der Waals surface area (Å²) in [5.41, 5.74) is 0.701. The number of halogens is 1. The predicted octanol–water partition coefficient (Wildman–Crippen LogP) is 1.42. The topological polar surface area (TPSA) is 77.7 Å². The Kier molecular flexibility index (Phi) is 3.68. The Hall–Kier alpha value is -2.48. The van der Waals surface area contributed by atoms with Gasteiger partial charge < -0.3 is 18.8 Å². The molecule has 1 aromatic heterocycles. The maximum atomic E-state index is 13.8. The van der Waals surface area contributed by atoms with Gasteiger partial charge in [-0.05, 0) is 6.07 Å². The van der Waals surface area contributed by atoms with E-state index in [-0.39, 0.29) is 18.3 Å². The summed E-state index contributed by atoms with van der Waals surface area (Å²) in [5.74, 6) is 0.245. The summed E-state index contributed by atoms with van der Waals surface area (Å²) >= 11 is 0. The van der Waals surface area contributed by atoms with Crippen molar-refractivity contribution in [2.24, 2.45) is 0 Å². The van der Waals surface area contributed by atoms with Crippen molar-refractivity contribution in [3.63, 3.8) is 0 Å². The van der Waals surface area contributed by atoms with Gasteiger partial charge in [0.1, 0.15) is 6.04 Å². The van der Waals surface area contributed by atoms with Crippen molar-refractivity contribution >= 4 is 5.91 Å². The molecule has 4 rings (SSSR count). The number of benzene rings is 1. The number of carbonyl (C=O) groups excluding carboxylic acids is 1. The first-order valence-corrected chi connectivity index (χ1v) is 7.76. The maximum absolute atomic E-state index is 13.8. The standard InChI is InChI=1S/C16H16FN3O4/c1-9-18-19-15(23-9)12-8-22-6-5-20(12)16(21)13-7-10-3-2-4-11(17)14(10)24-13/h2-4,12-13H,5-8H2,1H3/t12-,13+/m0/s1. The van der Waals surface area contributed by atoms with Gasteiger partial charge in [-0.3, -0.25) is 4.79 Å². The van der Waals surface area contributed by atoms with Gasteiger partial charge in [-0.2, -0.15) is 0 Å². The van der Waals surface area contributed by atoms with Gasteiger partial charge >= 0.3 is 0 Å². The molecule has 2 atom stereocenters. The van der Waals surface area contributed by atoms with Gasteiger partial charge in [-0.1, -0.05) is 12.1 Å². The summed E-state index contributed by atoms with van der Waals surface area (Å²) in [6.07, 6.45) is -0.402. The van der Waals surface area contributed by atoms with E-state index in [9.17, 15) is 9.18 Å². The fourth-order valence-electron chi connectivity index (χ4n) is 3.07. The van der Waals surface area contributed by atoms with Crippen molar-refractivity contribution in [1.29, 1.82) is 0 Å². The Bertz CT molecular complexity index is 778. The minimum Gasteiger partial charge on any atom is -0.477 e. The van der Waals surface area contributed by atoms with Gasteiger partial charge in [0.25, 0.3) is 5.91 Å². The average molecular weight is 333 g/mol. The van der Waals surface area contributed by atoms with Crippen molar-refractivity contribution in [2.75, 3.05) is 19.8 Å². The lowest BCUT2D eigenvalue weighted by Gasteiger charge is -2.34. The molecule has 0 unspecified atom stereocenters. The van der Waals surface area contributed by atoms with E-state index in [4.69, 9.17) is 13.9 Å². The number of carbonyl (C=O) groups is 1. The van der Waals surface area contributed by atoms with Gasteiger partial charge in [0, 0.05) is 25.5 Å². The molecule has 8 heteroatoms. The maximum Gasteiger partial charge on any atom is 0.264 e. The molecule has 126 valence electrons. The molecule has 1 amide bonds. The lowest BCUT2D eigenvalue weighted by atomic mass is 10.1. The first kappa shape index (κ1) is 15.1. The molecule has 0 N–H and O–H groups in total. The fourth-order valence-corrected chi connectivity index (χ4v) is 3.07. The highest BCUT2D eigenvalue weighted by molar-refractivity contribution is 5.83. The summed E-state index contributed by atoms with van der Waals surface area (Å²) in [5, 5.41) is 7.80. The van der Waals surface area contributed by atoms with E-state index in [1.54, 1.807) is 24.0 Å². The van der Waals surface area contributed by atoms with Crippen molar-refractivity contribution in [3.05, 3.63) is 41.4 Å².